The second-order valence-corrected chi connectivity index (χ2v) is 1.72. The number of carbonyl (C=O) groups excluding carboxylic acids is 1. The lowest BCUT2D eigenvalue weighted by Gasteiger charge is -2.21. The van der Waals surface area contributed by atoms with Crippen molar-refractivity contribution in [3.63, 3.8) is 0 Å². The highest BCUT2D eigenvalue weighted by molar-refractivity contribution is 5.47. The van der Waals surface area contributed by atoms with Crippen molar-refractivity contribution in [3.8, 4) is 0 Å². The van der Waals surface area contributed by atoms with Gasteiger partial charge in [-0.3, -0.25) is 10.1 Å². The third-order valence-electron chi connectivity index (χ3n) is 0.792. The van der Waals surface area contributed by atoms with Gasteiger partial charge >= 0.3 is 12.0 Å². The van der Waals surface area contributed by atoms with E-state index in [0.29, 0.717) is 5.32 Å². The van der Waals surface area contributed by atoms with Gasteiger partial charge in [0.2, 0.25) is 6.41 Å². The van der Waals surface area contributed by atoms with Crippen LogP contribution in [0, 0.1) is 0 Å². The van der Waals surface area contributed by atoms with E-state index in [-0.39, 0.29) is 6.92 Å². The zero-order chi connectivity index (χ0) is 8.41. The third-order valence-corrected chi connectivity index (χ3v) is 0.792. The van der Waals surface area contributed by atoms with Crippen LogP contribution in [-0.4, -0.2) is 18.4 Å². The molecule has 0 saturated heterocycles. The molecule has 0 aromatic rings. The summed E-state index contributed by atoms with van der Waals surface area (Å²) in [4.78, 5) is 9.34. The fourth-order valence-corrected chi connectivity index (χ4v) is 0.201. The molecule has 10 heavy (non-hydrogen) atoms. The Morgan fingerprint density at radius 3 is 1.80 bits per heavy atom. The van der Waals surface area contributed by atoms with Crippen LogP contribution in [-0.2, 0) is 4.79 Å². The van der Waals surface area contributed by atoms with Gasteiger partial charge in [0.25, 0.3) is 0 Å². The van der Waals surface area contributed by atoms with Crippen LogP contribution in [0.25, 0.3) is 0 Å². The van der Waals surface area contributed by atoms with Crippen molar-refractivity contribution in [1.29, 1.82) is 0 Å². The average Bonchev–Trinajstić information content (AvgIpc) is 1.61. The molecule has 0 aliphatic rings. The number of rotatable bonds is 3. The standard InChI is InChI=1S/C4H5F4NO/c1-3(5,6)4(7,8)9-2-10/h2H,1H3,(H,9,10). The molecular weight excluding hydrogens is 154 g/mol. The van der Waals surface area contributed by atoms with Crippen LogP contribution in [0.15, 0.2) is 0 Å². The molecule has 0 aliphatic heterocycles. The first kappa shape index (κ1) is 9.19. The molecule has 0 saturated carbocycles. The Bertz CT molecular complexity index is 130. The van der Waals surface area contributed by atoms with Gasteiger partial charge in [-0.15, -0.1) is 0 Å². The fourth-order valence-electron chi connectivity index (χ4n) is 0.201. The minimum atomic E-state index is -4.46. The van der Waals surface area contributed by atoms with Gasteiger partial charge < -0.3 is 0 Å². The van der Waals surface area contributed by atoms with Gasteiger partial charge in [0, 0.05) is 6.92 Å². The number of halogens is 4. The Hall–Kier alpha value is -0.810. The Morgan fingerprint density at radius 2 is 1.70 bits per heavy atom. The van der Waals surface area contributed by atoms with E-state index in [2.05, 4.69) is 0 Å². The predicted molar refractivity (Wildman–Crippen MR) is 24.8 cm³/mol. The average molecular weight is 159 g/mol. The van der Waals surface area contributed by atoms with E-state index in [1.54, 1.807) is 0 Å². The van der Waals surface area contributed by atoms with Crippen molar-refractivity contribution in [3.05, 3.63) is 0 Å². The SMILES string of the molecule is CC(F)(F)C(F)(F)NC=O. The second kappa shape index (κ2) is 2.43. The fraction of sp³-hybridized carbons (Fsp3) is 0.750. The largest absolute Gasteiger partial charge is 0.387 e. The summed E-state index contributed by atoms with van der Waals surface area (Å²) >= 11 is 0. The Morgan fingerprint density at radius 1 is 1.30 bits per heavy atom. The van der Waals surface area contributed by atoms with Crippen LogP contribution in [0.3, 0.4) is 0 Å². The van der Waals surface area contributed by atoms with Crippen molar-refractivity contribution in [2.75, 3.05) is 0 Å². The lowest BCUT2D eigenvalue weighted by molar-refractivity contribution is -0.212. The van der Waals surface area contributed by atoms with Crippen LogP contribution in [0.2, 0.25) is 0 Å². The molecule has 0 aromatic carbocycles. The Balaban J connectivity index is 4.23. The van der Waals surface area contributed by atoms with Crippen molar-refractivity contribution < 1.29 is 22.4 Å². The first-order valence-corrected chi connectivity index (χ1v) is 2.28. The summed E-state index contributed by atoms with van der Waals surface area (Å²) in [5, 5.41) is 0.698. The summed E-state index contributed by atoms with van der Waals surface area (Å²) in [5.41, 5.74) is 0. The van der Waals surface area contributed by atoms with Gasteiger partial charge in [0.1, 0.15) is 0 Å². The van der Waals surface area contributed by atoms with Gasteiger partial charge in [-0.1, -0.05) is 0 Å². The van der Waals surface area contributed by atoms with Crippen molar-refractivity contribution in [2.24, 2.45) is 0 Å². The molecule has 0 rings (SSSR count). The van der Waals surface area contributed by atoms with Crippen molar-refractivity contribution in [1.82, 2.24) is 5.32 Å². The van der Waals surface area contributed by atoms with Crippen molar-refractivity contribution in [2.45, 2.75) is 18.9 Å². The first-order chi connectivity index (χ1) is 4.31. The lowest BCUT2D eigenvalue weighted by Crippen LogP contribution is -2.49. The molecule has 0 aromatic heterocycles. The Labute approximate surface area is 54.2 Å². The highest BCUT2D eigenvalue weighted by Crippen LogP contribution is 2.30. The number of alkyl halides is 4. The molecule has 0 unspecified atom stereocenters. The number of nitrogens with one attached hydrogen (secondary N) is 1. The van der Waals surface area contributed by atoms with Crippen LogP contribution < -0.4 is 5.32 Å². The first-order valence-electron chi connectivity index (χ1n) is 2.28. The molecule has 2 nitrogen and oxygen atoms in total. The summed E-state index contributed by atoms with van der Waals surface area (Å²) in [6.07, 6.45) is -0.475. The Kier molecular flexibility index (Phi) is 2.24. The normalized spacial score (nSPS) is 12.9. The minimum Gasteiger partial charge on any atom is -0.295 e. The zero-order valence-electron chi connectivity index (χ0n) is 5.00. The summed E-state index contributed by atoms with van der Waals surface area (Å²) in [6.45, 7) is 0.0174. The monoisotopic (exact) mass is 159 g/mol. The molecule has 0 bridgehead atoms. The van der Waals surface area contributed by atoms with Gasteiger partial charge in [-0.25, -0.2) is 0 Å². The van der Waals surface area contributed by atoms with Crippen LogP contribution in [0.1, 0.15) is 6.92 Å². The maximum atomic E-state index is 11.8. The molecular formula is C4H5F4NO. The summed E-state index contributed by atoms with van der Waals surface area (Å²) < 4.78 is 47.1. The molecule has 1 amide bonds. The third kappa shape index (κ3) is 1.85. The molecule has 0 atom stereocenters. The quantitative estimate of drug-likeness (QED) is 0.371. The minimum absolute atomic E-state index is 0.0174. The zero-order valence-corrected chi connectivity index (χ0v) is 5.00. The summed E-state index contributed by atoms with van der Waals surface area (Å²) in [6, 6.07) is -4.46. The molecule has 60 valence electrons. The smallest absolute Gasteiger partial charge is 0.295 e. The molecule has 0 radical (unpaired) electrons. The highest BCUT2D eigenvalue weighted by Gasteiger charge is 2.52. The maximum absolute atomic E-state index is 11.8. The maximum Gasteiger partial charge on any atom is 0.387 e. The summed E-state index contributed by atoms with van der Waals surface area (Å²) in [7, 11) is 0. The van der Waals surface area contributed by atoms with E-state index < -0.39 is 18.4 Å². The lowest BCUT2D eigenvalue weighted by atomic mass is 10.3. The highest BCUT2D eigenvalue weighted by atomic mass is 19.3. The van der Waals surface area contributed by atoms with Gasteiger partial charge in [-0.2, -0.15) is 17.6 Å². The molecule has 6 heteroatoms. The number of carbonyl (C=O) groups is 1. The van der Waals surface area contributed by atoms with Gasteiger partial charge in [0.15, 0.2) is 0 Å². The number of hydrogen-bond acceptors (Lipinski definition) is 1. The predicted octanol–water partition coefficient (Wildman–Crippen LogP) is 0.980. The van der Waals surface area contributed by atoms with E-state index in [9.17, 15) is 22.4 Å². The van der Waals surface area contributed by atoms with E-state index in [1.165, 1.54) is 0 Å². The molecule has 0 spiro atoms. The summed E-state index contributed by atoms with van der Waals surface area (Å²) in [5.74, 6) is -4.23. The van der Waals surface area contributed by atoms with E-state index >= 15 is 0 Å². The van der Waals surface area contributed by atoms with Crippen LogP contribution >= 0.6 is 0 Å². The molecule has 0 heterocycles. The van der Waals surface area contributed by atoms with Gasteiger partial charge in [-0.05, 0) is 0 Å². The topological polar surface area (TPSA) is 29.1 Å². The van der Waals surface area contributed by atoms with Crippen molar-refractivity contribution >= 4 is 6.41 Å². The molecule has 1 N–H and O–H groups in total. The van der Waals surface area contributed by atoms with Crippen LogP contribution in [0.4, 0.5) is 17.6 Å². The van der Waals surface area contributed by atoms with Crippen LogP contribution in [0.5, 0.6) is 0 Å². The number of amides is 1. The second-order valence-electron chi connectivity index (χ2n) is 1.72. The van der Waals surface area contributed by atoms with Gasteiger partial charge in [0.05, 0.1) is 0 Å². The molecule has 0 fully saturated rings. The van der Waals surface area contributed by atoms with E-state index in [4.69, 9.17) is 0 Å². The molecule has 0 aliphatic carbocycles. The van der Waals surface area contributed by atoms with E-state index in [0.717, 1.165) is 0 Å². The number of hydrogen-bond donors (Lipinski definition) is 1. The van der Waals surface area contributed by atoms with E-state index in [1.807, 2.05) is 0 Å².